The quantitative estimate of drug-likeness (QED) is 0.697. The Morgan fingerprint density at radius 2 is 2.14 bits per heavy atom. The van der Waals surface area contributed by atoms with Gasteiger partial charge in [-0.1, -0.05) is 19.4 Å². The lowest BCUT2D eigenvalue weighted by Crippen LogP contribution is -2.51. The van der Waals surface area contributed by atoms with Crippen molar-refractivity contribution in [3.63, 3.8) is 0 Å². The normalized spacial score (nSPS) is 38.4. The lowest BCUT2D eigenvalue weighted by molar-refractivity contribution is -0.162. The van der Waals surface area contributed by atoms with Crippen LogP contribution in [0.3, 0.4) is 0 Å². The number of rotatable bonds is 1. The summed E-state index contributed by atoms with van der Waals surface area (Å²) in [5.74, 6) is -0.226. The van der Waals surface area contributed by atoms with E-state index in [1.807, 2.05) is 6.92 Å². The zero-order chi connectivity index (χ0) is 15.3. The highest BCUT2D eigenvalue weighted by molar-refractivity contribution is 5.86. The maximum Gasteiger partial charge on any atom is 0.331 e. The van der Waals surface area contributed by atoms with Crippen LogP contribution in [0.25, 0.3) is 0 Å². The number of allylic oxidation sites excluding steroid dienone is 1. The molecule has 3 aliphatic rings. The van der Waals surface area contributed by atoms with Crippen molar-refractivity contribution in [1.29, 1.82) is 0 Å². The number of carbonyl (C=O) groups is 2. The van der Waals surface area contributed by atoms with E-state index in [4.69, 9.17) is 9.47 Å². The molecule has 1 saturated carbocycles. The van der Waals surface area contributed by atoms with Gasteiger partial charge in [0, 0.05) is 6.08 Å². The van der Waals surface area contributed by atoms with Crippen LogP contribution < -0.4 is 0 Å². The molecule has 114 valence electrons. The van der Waals surface area contributed by atoms with Gasteiger partial charge in [-0.05, 0) is 48.7 Å². The highest BCUT2D eigenvalue weighted by atomic mass is 16.5. The summed E-state index contributed by atoms with van der Waals surface area (Å²) in [6, 6.07) is 0. The Morgan fingerprint density at radius 1 is 1.38 bits per heavy atom. The SMILES string of the molecule is COC(=O)[C@@]1(C)CCC[C@]2(C)C3=CC(=O)OCC3=CC[C@@H]12. The lowest BCUT2D eigenvalue weighted by Gasteiger charge is -2.54. The topological polar surface area (TPSA) is 52.6 Å². The first kappa shape index (κ1) is 14.4. The van der Waals surface area contributed by atoms with Gasteiger partial charge in [-0.2, -0.15) is 0 Å². The molecule has 0 aromatic carbocycles. The largest absolute Gasteiger partial charge is 0.469 e. The smallest absolute Gasteiger partial charge is 0.331 e. The molecule has 1 fully saturated rings. The first-order valence-electron chi connectivity index (χ1n) is 7.58. The van der Waals surface area contributed by atoms with Crippen molar-refractivity contribution in [2.24, 2.45) is 16.7 Å². The zero-order valence-electron chi connectivity index (χ0n) is 12.9. The summed E-state index contributed by atoms with van der Waals surface area (Å²) in [5.41, 5.74) is 1.56. The minimum atomic E-state index is -0.480. The second-order valence-corrected chi connectivity index (χ2v) is 6.86. The molecule has 0 spiro atoms. The Labute approximate surface area is 125 Å². The van der Waals surface area contributed by atoms with E-state index in [-0.39, 0.29) is 23.3 Å². The van der Waals surface area contributed by atoms with E-state index in [9.17, 15) is 9.59 Å². The molecule has 3 rings (SSSR count). The summed E-state index contributed by atoms with van der Waals surface area (Å²) in [6.07, 6.45) is 7.42. The number of ether oxygens (including phenoxy) is 2. The molecule has 0 aromatic heterocycles. The van der Waals surface area contributed by atoms with Gasteiger partial charge in [0.05, 0.1) is 12.5 Å². The van der Waals surface area contributed by atoms with Gasteiger partial charge in [-0.25, -0.2) is 4.79 Å². The average Bonchev–Trinajstić information content (AvgIpc) is 2.46. The van der Waals surface area contributed by atoms with Gasteiger partial charge in [-0.3, -0.25) is 4.79 Å². The van der Waals surface area contributed by atoms with Crippen LogP contribution >= 0.6 is 0 Å². The summed E-state index contributed by atoms with van der Waals surface area (Å²) < 4.78 is 10.2. The van der Waals surface area contributed by atoms with Crippen molar-refractivity contribution >= 4 is 11.9 Å². The van der Waals surface area contributed by atoms with Crippen molar-refractivity contribution in [1.82, 2.24) is 0 Å². The Kier molecular flexibility index (Phi) is 3.23. The fraction of sp³-hybridized carbons (Fsp3) is 0.647. The molecule has 1 heterocycles. The van der Waals surface area contributed by atoms with Crippen LogP contribution in [0, 0.1) is 16.7 Å². The van der Waals surface area contributed by atoms with Crippen LogP contribution in [0.2, 0.25) is 0 Å². The van der Waals surface area contributed by atoms with Crippen molar-refractivity contribution in [2.45, 2.75) is 39.5 Å². The van der Waals surface area contributed by atoms with Crippen molar-refractivity contribution in [3.05, 3.63) is 23.3 Å². The van der Waals surface area contributed by atoms with Gasteiger partial charge in [0.25, 0.3) is 0 Å². The summed E-state index contributed by atoms with van der Waals surface area (Å²) in [5, 5.41) is 0. The number of carbonyl (C=O) groups excluding carboxylic acids is 2. The number of hydrogen-bond acceptors (Lipinski definition) is 4. The Hall–Kier alpha value is -1.58. The molecule has 0 radical (unpaired) electrons. The van der Waals surface area contributed by atoms with E-state index in [2.05, 4.69) is 13.0 Å². The molecule has 2 aliphatic carbocycles. The van der Waals surface area contributed by atoms with E-state index in [1.165, 1.54) is 7.11 Å². The molecule has 0 amide bonds. The van der Waals surface area contributed by atoms with E-state index >= 15 is 0 Å². The minimum Gasteiger partial charge on any atom is -0.469 e. The summed E-state index contributed by atoms with van der Waals surface area (Å²) in [4.78, 5) is 24.0. The Morgan fingerprint density at radius 3 is 2.86 bits per heavy atom. The maximum absolute atomic E-state index is 12.4. The molecule has 0 unspecified atom stereocenters. The molecule has 0 saturated heterocycles. The highest BCUT2D eigenvalue weighted by Crippen LogP contribution is 2.60. The highest BCUT2D eigenvalue weighted by Gasteiger charge is 2.56. The van der Waals surface area contributed by atoms with Gasteiger partial charge < -0.3 is 9.47 Å². The van der Waals surface area contributed by atoms with Gasteiger partial charge in [-0.15, -0.1) is 0 Å². The van der Waals surface area contributed by atoms with Crippen LogP contribution in [-0.4, -0.2) is 25.7 Å². The molecule has 4 nitrogen and oxygen atoms in total. The van der Waals surface area contributed by atoms with Crippen LogP contribution in [0.15, 0.2) is 23.3 Å². The molecular formula is C17H22O4. The van der Waals surface area contributed by atoms with Crippen LogP contribution in [0.5, 0.6) is 0 Å². The fourth-order valence-corrected chi connectivity index (χ4v) is 4.63. The number of hydrogen-bond donors (Lipinski definition) is 0. The van der Waals surface area contributed by atoms with Crippen molar-refractivity contribution in [2.75, 3.05) is 13.7 Å². The van der Waals surface area contributed by atoms with Crippen LogP contribution in [0.4, 0.5) is 0 Å². The van der Waals surface area contributed by atoms with Gasteiger partial charge in [0.1, 0.15) is 6.61 Å². The molecule has 21 heavy (non-hydrogen) atoms. The number of esters is 2. The number of methoxy groups -OCH3 is 1. The molecule has 0 N–H and O–H groups in total. The molecule has 0 aromatic rings. The average molecular weight is 290 g/mol. The van der Waals surface area contributed by atoms with E-state index in [1.54, 1.807) is 6.08 Å². The van der Waals surface area contributed by atoms with E-state index < -0.39 is 5.41 Å². The van der Waals surface area contributed by atoms with E-state index in [0.717, 1.165) is 36.8 Å². The van der Waals surface area contributed by atoms with Crippen LogP contribution in [0.1, 0.15) is 39.5 Å². The maximum atomic E-state index is 12.4. The van der Waals surface area contributed by atoms with Crippen LogP contribution in [-0.2, 0) is 19.1 Å². The standard InChI is InChI=1S/C17H22O4/c1-16-7-4-8-17(2,15(19)20-3)13(16)6-5-11-10-21-14(18)9-12(11)16/h5,9,13H,4,6-8,10H2,1-3H3/t13-,16-,17+/m1/s1. The molecule has 1 aliphatic heterocycles. The predicted molar refractivity (Wildman–Crippen MR) is 77.3 cm³/mol. The summed E-state index contributed by atoms with van der Waals surface area (Å²) in [6.45, 7) is 4.57. The first-order valence-corrected chi connectivity index (χ1v) is 7.58. The second-order valence-electron chi connectivity index (χ2n) is 6.86. The van der Waals surface area contributed by atoms with Gasteiger partial charge in [0.2, 0.25) is 0 Å². The molecular weight excluding hydrogens is 268 g/mol. The fourth-order valence-electron chi connectivity index (χ4n) is 4.63. The monoisotopic (exact) mass is 290 g/mol. The molecule has 4 heteroatoms. The second kappa shape index (κ2) is 4.72. The van der Waals surface area contributed by atoms with Gasteiger partial charge >= 0.3 is 11.9 Å². The summed E-state index contributed by atoms with van der Waals surface area (Å²) in [7, 11) is 1.46. The van der Waals surface area contributed by atoms with E-state index in [0.29, 0.717) is 6.61 Å². The zero-order valence-corrected chi connectivity index (χ0v) is 12.9. The summed E-state index contributed by atoms with van der Waals surface area (Å²) >= 11 is 0. The molecule has 0 bridgehead atoms. The first-order chi connectivity index (χ1) is 9.91. The third-order valence-corrected chi connectivity index (χ3v) is 5.78. The Bertz CT molecular complexity index is 559. The third kappa shape index (κ3) is 1.95. The third-order valence-electron chi connectivity index (χ3n) is 5.78. The minimum absolute atomic E-state index is 0.130. The van der Waals surface area contributed by atoms with Crippen molar-refractivity contribution < 1.29 is 19.1 Å². The number of cyclic esters (lactones) is 1. The predicted octanol–water partition coefficient (Wildman–Crippen LogP) is 2.79. The Balaban J connectivity index is 2.08. The lowest BCUT2D eigenvalue weighted by atomic mass is 9.49. The molecule has 3 atom stereocenters. The van der Waals surface area contributed by atoms with Crippen molar-refractivity contribution in [3.8, 4) is 0 Å². The number of fused-ring (bicyclic) bond motifs is 3. The van der Waals surface area contributed by atoms with Gasteiger partial charge in [0.15, 0.2) is 0 Å².